The molecular formula is C20H21Cl2NO2S. The molecule has 0 unspecified atom stereocenters. The number of ketones is 1. The Morgan fingerprint density at radius 3 is 2.50 bits per heavy atom. The van der Waals surface area contributed by atoms with Crippen molar-refractivity contribution >= 4 is 46.4 Å². The van der Waals surface area contributed by atoms with Gasteiger partial charge < -0.3 is 10.0 Å². The molecule has 2 aromatic rings. The maximum absolute atomic E-state index is 11.5. The largest absolute Gasteiger partial charge is 0.507 e. The van der Waals surface area contributed by atoms with Crippen LogP contribution in [-0.2, 0) is 4.79 Å². The minimum Gasteiger partial charge on any atom is -0.507 e. The molecule has 1 aliphatic heterocycles. The number of fused-ring (bicyclic) bond motifs is 1. The van der Waals surface area contributed by atoms with Crippen LogP contribution in [0.4, 0.5) is 5.69 Å². The van der Waals surface area contributed by atoms with E-state index in [0.29, 0.717) is 27.7 Å². The zero-order chi connectivity index (χ0) is 19.4. The van der Waals surface area contributed by atoms with Crippen molar-refractivity contribution in [3.05, 3.63) is 51.5 Å². The number of rotatable bonds is 3. The number of thioether (sulfide) groups is 1. The Hall–Kier alpha value is -1.62. The number of anilines is 1. The lowest BCUT2D eigenvalue weighted by Gasteiger charge is -2.22. The predicted octanol–water partition coefficient (Wildman–Crippen LogP) is 6.75. The average Bonchev–Trinajstić information content (AvgIpc) is 2.94. The standard InChI is InChI=1S/C18H15Cl2NO2S.C2H6/c1-3-21-16(8-10(2)22)24-15-7-6-14(23)17(18(15)21)12-5-4-11(19)9-13(12)20;1-2/h4-9,23H,3H2,1-2H3;1-2H3/b16-8-;. The van der Waals surface area contributed by atoms with E-state index in [0.717, 1.165) is 15.6 Å². The lowest BCUT2D eigenvalue weighted by Crippen LogP contribution is -2.18. The smallest absolute Gasteiger partial charge is 0.155 e. The predicted molar refractivity (Wildman–Crippen MR) is 113 cm³/mol. The van der Waals surface area contributed by atoms with Crippen LogP contribution in [0.15, 0.2) is 46.3 Å². The van der Waals surface area contributed by atoms with Gasteiger partial charge in [0, 0.05) is 33.7 Å². The van der Waals surface area contributed by atoms with Crippen LogP contribution in [-0.4, -0.2) is 17.4 Å². The molecule has 0 atom stereocenters. The minimum absolute atomic E-state index is 0.0148. The first-order valence-electron chi connectivity index (χ1n) is 8.41. The lowest BCUT2D eigenvalue weighted by atomic mass is 10.0. The van der Waals surface area contributed by atoms with Crippen LogP contribution < -0.4 is 4.90 Å². The van der Waals surface area contributed by atoms with Crippen LogP contribution in [0.1, 0.15) is 27.7 Å². The number of phenolic OH excluding ortho intramolecular Hbond substituents is 1. The van der Waals surface area contributed by atoms with Gasteiger partial charge in [0.05, 0.1) is 15.7 Å². The summed E-state index contributed by atoms with van der Waals surface area (Å²) < 4.78 is 0. The second kappa shape index (κ2) is 8.85. The van der Waals surface area contributed by atoms with Gasteiger partial charge in [0.2, 0.25) is 0 Å². The second-order valence-electron chi connectivity index (χ2n) is 5.37. The van der Waals surface area contributed by atoms with E-state index in [1.807, 2.05) is 31.7 Å². The summed E-state index contributed by atoms with van der Waals surface area (Å²) in [5.41, 5.74) is 2.22. The van der Waals surface area contributed by atoms with E-state index in [1.54, 1.807) is 30.3 Å². The number of halogens is 2. The highest BCUT2D eigenvalue weighted by atomic mass is 35.5. The summed E-state index contributed by atoms with van der Waals surface area (Å²) in [6, 6.07) is 8.70. The Bertz CT molecular complexity index is 865. The molecule has 3 nitrogen and oxygen atoms in total. The summed E-state index contributed by atoms with van der Waals surface area (Å²) in [7, 11) is 0. The highest BCUT2D eigenvalue weighted by molar-refractivity contribution is 8.03. The summed E-state index contributed by atoms with van der Waals surface area (Å²) in [6.07, 6.45) is 1.61. The molecule has 1 heterocycles. The Morgan fingerprint density at radius 1 is 1.23 bits per heavy atom. The number of aromatic hydroxyl groups is 1. The maximum Gasteiger partial charge on any atom is 0.155 e. The second-order valence-corrected chi connectivity index (χ2v) is 7.28. The fourth-order valence-corrected chi connectivity index (χ4v) is 4.47. The first-order chi connectivity index (χ1) is 12.4. The zero-order valence-corrected chi connectivity index (χ0v) is 17.5. The van der Waals surface area contributed by atoms with Crippen LogP contribution in [0.2, 0.25) is 10.0 Å². The van der Waals surface area contributed by atoms with Gasteiger partial charge in [-0.15, -0.1) is 0 Å². The van der Waals surface area contributed by atoms with E-state index in [-0.39, 0.29) is 11.5 Å². The SMILES string of the molecule is CC.CCN1/C(=C/C(C)=O)Sc2ccc(O)c(-c3ccc(Cl)cc3Cl)c21. The van der Waals surface area contributed by atoms with Crippen LogP contribution >= 0.6 is 35.0 Å². The Kier molecular flexibility index (Phi) is 7.04. The summed E-state index contributed by atoms with van der Waals surface area (Å²) in [4.78, 5) is 14.5. The van der Waals surface area contributed by atoms with Crippen LogP contribution in [0.25, 0.3) is 11.1 Å². The Morgan fingerprint density at radius 2 is 1.92 bits per heavy atom. The molecule has 1 N–H and O–H groups in total. The van der Waals surface area contributed by atoms with Crippen molar-refractivity contribution in [2.75, 3.05) is 11.4 Å². The van der Waals surface area contributed by atoms with Crippen molar-refractivity contribution in [1.82, 2.24) is 0 Å². The molecule has 0 aromatic heterocycles. The van der Waals surface area contributed by atoms with Crippen molar-refractivity contribution in [2.45, 2.75) is 32.6 Å². The van der Waals surface area contributed by atoms with E-state index in [9.17, 15) is 9.90 Å². The van der Waals surface area contributed by atoms with Gasteiger partial charge in [0.25, 0.3) is 0 Å². The first kappa shape index (κ1) is 20.7. The molecule has 0 saturated heterocycles. The molecule has 0 spiro atoms. The number of allylic oxidation sites excluding steroid dienone is 1. The molecule has 3 rings (SSSR count). The van der Waals surface area contributed by atoms with E-state index in [4.69, 9.17) is 23.2 Å². The van der Waals surface area contributed by atoms with Crippen LogP contribution in [0.5, 0.6) is 5.75 Å². The summed E-state index contributed by atoms with van der Waals surface area (Å²) in [5, 5.41) is 12.3. The van der Waals surface area contributed by atoms with Crippen LogP contribution in [0.3, 0.4) is 0 Å². The van der Waals surface area contributed by atoms with Gasteiger partial charge in [-0.3, -0.25) is 4.79 Å². The molecule has 0 aliphatic carbocycles. The number of phenols is 1. The fourth-order valence-electron chi connectivity index (χ4n) is 2.74. The summed E-state index contributed by atoms with van der Waals surface area (Å²) >= 11 is 13.9. The molecule has 0 fully saturated rings. The van der Waals surface area contributed by atoms with Gasteiger partial charge >= 0.3 is 0 Å². The molecule has 1 aliphatic rings. The molecule has 0 radical (unpaired) electrons. The number of benzene rings is 2. The van der Waals surface area contributed by atoms with E-state index < -0.39 is 0 Å². The third kappa shape index (κ3) is 4.03. The average molecular weight is 410 g/mol. The zero-order valence-electron chi connectivity index (χ0n) is 15.1. The maximum atomic E-state index is 11.5. The molecule has 0 bridgehead atoms. The molecule has 0 amide bonds. The van der Waals surface area contributed by atoms with Crippen molar-refractivity contribution < 1.29 is 9.90 Å². The van der Waals surface area contributed by atoms with Gasteiger partial charge in [-0.05, 0) is 38.1 Å². The monoisotopic (exact) mass is 409 g/mol. The van der Waals surface area contributed by atoms with Gasteiger partial charge in [0.15, 0.2) is 5.78 Å². The summed E-state index contributed by atoms with van der Waals surface area (Å²) in [5.74, 6) is 0.125. The minimum atomic E-state index is -0.0148. The van der Waals surface area contributed by atoms with E-state index in [1.165, 1.54) is 18.7 Å². The van der Waals surface area contributed by atoms with Gasteiger partial charge in [-0.25, -0.2) is 0 Å². The van der Waals surface area contributed by atoms with Crippen LogP contribution in [0, 0.1) is 0 Å². The molecule has 2 aromatic carbocycles. The molecule has 26 heavy (non-hydrogen) atoms. The molecule has 138 valence electrons. The van der Waals surface area contributed by atoms with Gasteiger partial charge in [0.1, 0.15) is 5.75 Å². The van der Waals surface area contributed by atoms with Gasteiger partial charge in [-0.2, -0.15) is 0 Å². The number of nitrogens with zero attached hydrogens (tertiary/aromatic N) is 1. The van der Waals surface area contributed by atoms with E-state index in [2.05, 4.69) is 0 Å². The number of carbonyl (C=O) groups is 1. The van der Waals surface area contributed by atoms with Gasteiger partial charge in [-0.1, -0.05) is 54.9 Å². The lowest BCUT2D eigenvalue weighted by molar-refractivity contribution is -0.112. The number of hydrogen-bond acceptors (Lipinski definition) is 4. The summed E-state index contributed by atoms with van der Waals surface area (Å²) in [6.45, 7) is 8.19. The number of carbonyl (C=O) groups excluding carboxylic acids is 1. The Labute approximate surface area is 168 Å². The fraction of sp³-hybridized carbons (Fsp3) is 0.250. The molecule has 0 saturated carbocycles. The highest BCUT2D eigenvalue weighted by Gasteiger charge is 2.30. The Balaban J connectivity index is 0.00000117. The number of hydrogen-bond donors (Lipinski definition) is 1. The van der Waals surface area contributed by atoms with Crippen molar-refractivity contribution in [3.8, 4) is 16.9 Å². The molecule has 6 heteroatoms. The first-order valence-corrected chi connectivity index (χ1v) is 9.98. The third-order valence-corrected chi connectivity index (χ3v) is 5.36. The third-order valence-electron chi connectivity index (χ3n) is 3.71. The topological polar surface area (TPSA) is 40.5 Å². The normalized spacial score (nSPS) is 14.1. The van der Waals surface area contributed by atoms with Crippen molar-refractivity contribution in [2.24, 2.45) is 0 Å². The quantitative estimate of drug-likeness (QED) is 0.568. The van der Waals surface area contributed by atoms with E-state index >= 15 is 0 Å². The van der Waals surface area contributed by atoms with Crippen molar-refractivity contribution in [1.29, 1.82) is 0 Å². The van der Waals surface area contributed by atoms with Crippen molar-refractivity contribution in [3.63, 3.8) is 0 Å². The highest BCUT2D eigenvalue weighted by Crippen LogP contribution is 2.54. The molecular weight excluding hydrogens is 389 g/mol.